The molecule has 0 heterocycles. The third kappa shape index (κ3) is 3.38. The zero-order valence-electron chi connectivity index (χ0n) is 9.26. The van der Waals surface area contributed by atoms with Crippen molar-refractivity contribution in [2.24, 2.45) is 0 Å². The second-order valence-corrected chi connectivity index (χ2v) is 3.69. The third-order valence-electron chi connectivity index (χ3n) is 2.48. The lowest BCUT2D eigenvalue weighted by Crippen LogP contribution is -2.23. The van der Waals surface area contributed by atoms with Crippen molar-refractivity contribution in [3.8, 4) is 0 Å². The van der Waals surface area contributed by atoms with Gasteiger partial charge in [-0.2, -0.15) is 0 Å². The summed E-state index contributed by atoms with van der Waals surface area (Å²) in [5.74, 6) is -0.450. The maximum absolute atomic E-state index is 11.5. The van der Waals surface area contributed by atoms with Gasteiger partial charge in [-0.1, -0.05) is 6.42 Å². The van der Waals surface area contributed by atoms with E-state index in [1.54, 1.807) is 0 Å². The Hall–Kier alpha value is -1.32. The van der Waals surface area contributed by atoms with Crippen LogP contribution in [0.15, 0.2) is 11.3 Å². The van der Waals surface area contributed by atoms with Crippen LogP contribution in [0.3, 0.4) is 0 Å². The molecule has 4 heteroatoms. The Labute approximate surface area is 89.7 Å². The SMILES string of the molecule is COC(=O)C1=C(NC(C)=O)CCCCC1. The smallest absolute Gasteiger partial charge is 0.335 e. The average molecular weight is 211 g/mol. The largest absolute Gasteiger partial charge is 0.466 e. The van der Waals surface area contributed by atoms with Gasteiger partial charge in [0.15, 0.2) is 0 Å². The molecule has 1 N–H and O–H groups in total. The van der Waals surface area contributed by atoms with Gasteiger partial charge in [0.2, 0.25) is 5.91 Å². The van der Waals surface area contributed by atoms with Gasteiger partial charge in [-0.15, -0.1) is 0 Å². The van der Waals surface area contributed by atoms with Gasteiger partial charge in [0.25, 0.3) is 0 Å². The van der Waals surface area contributed by atoms with E-state index in [1.165, 1.54) is 14.0 Å². The van der Waals surface area contributed by atoms with Gasteiger partial charge in [-0.05, 0) is 25.7 Å². The van der Waals surface area contributed by atoms with E-state index in [2.05, 4.69) is 5.32 Å². The monoisotopic (exact) mass is 211 g/mol. The number of methoxy groups -OCH3 is 1. The van der Waals surface area contributed by atoms with Gasteiger partial charge in [-0.25, -0.2) is 4.79 Å². The Kier molecular flexibility index (Phi) is 4.34. The third-order valence-corrected chi connectivity index (χ3v) is 2.48. The first-order chi connectivity index (χ1) is 7.15. The van der Waals surface area contributed by atoms with Crippen LogP contribution in [0.1, 0.15) is 39.0 Å². The van der Waals surface area contributed by atoms with Crippen molar-refractivity contribution in [2.75, 3.05) is 7.11 Å². The van der Waals surface area contributed by atoms with Gasteiger partial charge in [0, 0.05) is 12.6 Å². The lowest BCUT2D eigenvalue weighted by atomic mass is 10.1. The molecule has 0 unspecified atom stereocenters. The van der Waals surface area contributed by atoms with Crippen molar-refractivity contribution < 1.29 is 14.3 Å². The summed E-state index contributed by atoms with van der Waals surface area (Å²) in [4.78, 5) is 22.5. The lowest BCUT2D eigenvalue weighted by Gasteiger charge is -2.10. The molecule has 1 aliphatic carbocycles. The van der Waals surface area contributed by atoms with Crippen LogP contribution in [-0.4, -0.2) is 19.0 Å². The van der Waals surface area contributed by atoms with Crippen molar-refractivity contribution in [1.82, 2.24) is 5.32 Å². The normalized spacial score (nSPS) is 16.9. The highest BCUT2D eigenvalue weighted by Crippen LogP contribution is 2.22. The molecule has 1 amide bonds. The van der Waals surface area contributed by atoms with E-state index in [4.69, 9.17) is 4.74 Å². The van der Waals surface area contributed by atoms with Gasteiger partial charge in [0.1, 0.15) is 0 Å². The molecule has 84 valence electrons. The quantitative estimate of drug-likeness (QED) is 0.704. The molecule has 0 saturated heterocycles. The topological polar surface area (TPSA) is 55.4 Å². The first kappa shape index (κ1) is 11.8. The van der Waals surface area contributed by atoms with Gasteiger partial charge in [-0.3, -0.25) is 4.79 Å². The number of nitrogens with one attached hydrogen (secondary N) is 1. The number of amides is 1. The van der Waals surface area contributed by atoms with Crippen LogP contribution in [0.4, 0.5) is 0 Å². The fraction of sp³-hybridized carbons (Fsp3) is 0.636. The number of rotatable bonds is 2. The van der Waals surface area contributed by atoms with Gasteiger partial charge < -0.3 is 10.1 Å². The standard InChI is InChI=1S/C11H17NO3/c1-8(13)12-10-7-5-3-4-6-9(10)11(14)15-2/h3-7H2,1-2H3,(H,12,13). The number of allylic oxidation sites excluding steroid dienone is 1. The number of carbonyl (C=O) groups is 2. The number of hydrogen-bond donors (Lipinski definition) is 1. The van der Waals surface area contributed by atoms with Crippen LogP contribution in [0.5, 0.6) is 0 Å². The van der Waals surface area contributed by atoms with Crippen LogP contribution in [0.25, 0.3) is 0 Å². The summed E-state index contributed by atoms with van der Waals surface area (Å²) in [5, 5.41) is 2.73. The Bertz CT molecular complexity index is 294. The van der Waals surface area contributed by atoms with Crippen LogP contribution in [-0.2, 0) is 14.3 Å². The lowest BCUT2D eigenvalue weighted by molar-refractivity contribution is -0.136. The highest BCUT2D eigenvalue weighted by Gasteiger charge is 2.18. The molecular weight excluding hydrogens is 194 g/mol. The van der Waals surface area contributed by atoms with Crippen molar-refractivity contribution >= 4 is 11.9 Å². The van der Waals surface area contributed by atoms with Crippen LogP contribution < -0.4 is 5.32 Å². The summed E-state index contributed by atoms with van der Waals surface area (Å²) in [5.41, 5.74) is 1.37. The molecular formula is C11H17NO3. The first-order valence-electron chi connectivity index (χ1n) is 5.23. The zero-order valence-corrected chi connectivity index (χ0v) is 9.26. The average Bonchev–Trinajstić information content (AvgIpc) is 2.41. The summed E-state index contributed by atoms with van der Waals surface area (Å²) >= 11 is 0. The van der Waals surface area contributed by atoms with E-state index in [9.17, 15) is 9.59 Å². The summed E-state index contributed by atoms with van der Waals surface area (Å²) < 4.78 is 4.71. The molecule has 0 saturated carbocycles. The maximum atomic E-state index is 11.5. The minimum atomic E-state index is -0.319. The summed E-state index contributed by atoms with van der Waals surface area (Å²) in [6, 6.07) is 0. The zero-order chi connectivity index (χ0) is 11.3. The molecule has 0 bridgehead atoms. The van der Waals surface area contributed by atoms with Crippen LogP contribution >= 0.6 is 0 Å². The highest BCUT2D eigenvalue weighted by molar-refractivity contribution is 5.90. The van der Waals surface area contributed by atoms with Crippen molar-refractivity contribution in [3.63, 3.8) is 0 Å². The van der Waals surface area contributed by atoms with E-state index in [0.29, 0.717) is 12.0 Å². The highest BCUT2D eigenvalue weighted by atomic mass is 16.5. The molecule has 0 atom stereocenters. The number of esters is 1. The molecule has 0 radical (unpaired) electrons. The number of carbonyl (C=O) groups excluding carboxylic acids is 2. The number of hydrogen-bond acceptors (Lipinski definition) is 3. The molecule has 0 aromatic rings. The minimum absolute atomic E-state index is 0.131. The Balaban J connectivity index is 2.89. The molecule has 0 aliphatic heterocycles. The van der Waals surface area contributed by atoms with Crippen molar-refractivity contribution in [1.29, 1.82) is 0 Å². The maximum Gasteiger partial charge on any atom is 0.335 e. The van der Waals surface area contributed by atoms with Crippen molar-refractivity contribution in [2.45, 2.75) is 39.0 Å². The summed E-state index contributed by atoms with van der Waals surface area (Å²) in [7, 11) is 1.37. The summed E-state index contributed by atoms with van der Waals surface area (Å²) in [6.45, 7) is 1.45. The molecule has 0 fully saturated rings. The molecule has 0 spiro atoms. The predicted octanol–water partition coefficient (Wildman–Crippen LogP) is 1.51. The summed E-state index contributed by atoms with van der Waals surface area (Å²) in [6.07, 6.45) is 4.53. The van der Waals surface area contributed by atoms with E-state index < -0.39 is 0 Å². The Morgan fingerprint density at radius 3 is 2.47 bits per heavy atom. The number of ether oxygens (including phenoxy) is 1. The second kappa shape index (κ2) is 5.53. The minimum Gasteiger partial charge on any atom is -0.466 e. The van der Waals surface area contributed by atoms with E-state index in [-0.39, 0.29) is 11.9 Å². The molecule has 1 aliphatic rings. The van der Waals surface area contributed by atoms with Gasteiger partial charge >= 0.3 is 5.97 Å². The van der Waals surface area contributed by atoms with Crippen LogP contribution in [0, 0.1) is 0 Å². The van der Waals surface area contributed by atoms with E-state index >= 15 is 0 Å². The molecule has 4 nitrogen and oxygen atoms in total. The first-order valence-corrected chi connectivity index (χ1v) is 5.23. The second-order valence-electron chi connectivity index (χ2n) is 3.69. The Morgan fingerprint density at radius 2 is 1.87 bits per heavy atom. The predicted molar refractivity (Wildman–Crippen MR) is 55.9 cm³/mol. The fourth-order valence-corrected chi connectivity index (χ4v) is 1.78. The molecule has 0 aromatic heterocycles. The Morgan fingerprint density at radius 1 is 1.20 bits per heavy atom. The van der Waals surface area contributed by atoms with E-state index in [1.807, 2.05) is 0 Å². The van der Waals surface area contributed by atoms with Gasteiger partial charge in [0.05, 0.1) is 12.7 Å². The molecule has 15 heavy (non-hydrogen) atoms. The molecule has 0 aromatic carbocycles. The van der Waals surface area contributed by atoms with Crippen LogP contribution in [0.2, 0.25) is 0 Å². The molecule has 1 rings (SSSR count). The fourth-order valence-electron chi connectivity index (χ4n) is 1.78. The van der Waals surface area contributed by atoms with Crippen molar-refractivity contribution in [3.05, 3.63) is 11.3 Å². The van der Waals surface area contributed by atoms with E-state index in [0.717, 1.165) is 31.4 Å².